The first kappa shape index (κ1) is 20.9. The van der Waals surface area contributed by atoms with Crippen LogP contribution in [0.25, 0.3) is 0 Å². The molecule has 7 heteroatoms. The van der Waals surface area contributed by atoms with E-state index in [1.807, 2.05) is 13.1 Å². The van der Waals surface area contributed by atoms with Crippen LogP contribution in [0, 0.1) is 12.7 Å². The Hall–Kier alpha value is -2.83. The fourth-order valence-electron chi connectivity index (χ4n) is 3.34. The molecule has 2 heterocycles. The van der Waals surface area contributed by atoms with Gasteiger partial charge in [0.05, 0.1) is 6.54 Å². The standard InChI is InChI=1S/C22H30FN5O/c1-16-7-8-21(25-14-16)28-11-9-19(10-12-28)27-22(24-3)26-15-17(2)29-20-6-4-5-18(23)13-20/h4-8,13-14,17,19H,9-12,15H2,1-3H3,(H2,24,26,27). The Morgan fingerprint density at radius 3 is 2.76 bits per heavy atom. The fourth-order valence-corrected chi connectivity index (χ4v) is 3.34. The van der Waals surface area contributed by atoms with Crippen LogP contribution in [0.15, 0.2) is 47.6 Å². The van der Waals surface area contributed by atoms with E-state index in [9.17, 15) is 4.39 Å². The molecule has 1 fully saturated rings. The highest BCUT2D eigenvalue weighted by molar-refractivity contribution is 5.80. The second kappa shape index (κ2) is 10.1. The van der Waals surface area contributed by atoms with Gasteiger partial charge >= 0.3 is 0 Å². The van der Waals surface area contributed by atoms with Gasteiger partial charge in [0.15, 0.2) is 5.96 Å². The Balaban J connectivity index is 1.41. The van der Waals surface area contributed by atoms with Crippen molar-refractivity contribution in [3.8, 4) is 5.75 Å². The lowest BCUT2D eigenvalue weighted by atomic mass is 10.1. The van der Waals surface area contributed by atoms with Gasteiger partial charge in [0, 0.05) is 38.4 Å². The Labute approximate surface area is 172 Å². The maximum Gasteiger partial charge on any atom is 0.191 e. The summed E-state index contributed by atoms with van der Waals surface area (Å²) in [4.78, 5) is 11.2. The summed E-state index contributed by atoms with van der Waals surface area (Å²) >= 11 is 0. The molecule has 1 aliphatic heterocycles. The molecule has 1 aromatic carbocycles. The molecule has 0 amide bonds. The highest BCUT2D eigenvalue weighted by Crippen LogP contribution is 2.18. The Kier molecular flexibility index (Phi) is 7.27. The monoisotopic (exact) mass is 399 g/mol. The third-order valence-corrected chi connectivity index (χ3v) is 4.97. The third kappa shape index (κ3) is 6.34. The van der Waals surface area contributed by atoms with Gasteiger partial charge in [-0.3, -0.25) is 4.99 Å². The van der Waals surface area contributed by atoms with E-state index in [0.29, 0.717) is 18.3 Å². The van der Waals surface area contributed by atoms with Crippen LogP contribution in [0.3, 0.4) is 0 Å². The molecule has 0 saturated carbocycles. The Bertz CT molecular complexity index is 803. The molecule has 2 N–H and O–H groups in total. The van der Waals surface area contributed by atoms with Crippen molar-refractivity contribution in [1.82, 2.24) is 15.6 Å². The molecule has 1 unspecified atom stereocenters. The van der Waals surface area contributed by atoms with Gasteiger partial charge in [0.25, 0.3) is 0 Å². The molecule has 1 saturated heterocycles. The van der Waals surface area contributed by atoms with Crippen molar-refractivity contribution < 1.29 is 9.13 Å². The molecular weight excluding hydrogens is 369 g/mol. The van der Waals surface area contributed by atoms with Gasteiger partial charge in [-0.2, -0.15) is 0 Å². The number of halogens is 1. The summed E-state index contributed by atoms with van der Waals surface area (Å²) < 4.78 is 19.0. The number of aryl methyl sites for hydroxylation is 1. The van der Waals surface area contributed by atoms with Gasteiger partial charge < -0.3 is 20.3 Å². The minimum Gasteiger partial charge on any atom is -0.489 e. The first-order valence-electron chi connectivity index (χ1n) is 10.1. The van der Waals surface area contributed by atoms with E-state index in [0.717, 1.165) is 37.7 Å². The summed E-state index contributed by atoms with van der Waals surface area (Å²) in [5.41, 5.74) is 1.18. The minimum atomic E-state index is -0.299. The predicted molar refractivity (Wildman–Crippen MR) is 115 cm³/mol. The van der Waals surface area contributed by atoms with Gasteiger partial charge in [-0.15, -0.1) is 0 Å². The van der Waals surface area contributed by atoms with Crippen molar-refractivity contribution in [3.05, 3.63) is 54.0 Å². The molecule has 156 valence electrons. The van der Waals surface area contributed by atoms with Crippen molar-refractivity contribution in [2.75, 3.05) is 31.6 Å². The number of hydrogen-bond donors (Lipinski definition) is 2. The highest BCUT2D eigenvalue weighted by atomic mass is 19.1. The number of guanidine groups is 1. The number of ether oxygens (including phenoxy) is 1. The number of aromatic nitrogens is 1. The normalized spacial score (nSPS) is 16.4. The van der Waals surface area contributed by atoms with E-state index in [1.54, 1.807) is 19.2 Å². The Morgan fingerprint density at radius 1 is 1.31 bits per heavy atom. The second-order valence-electron chi connectivity index (χ2n) is 7.44. The van der Waals surface area contributed by atoms with Crippen LogP contribution in [-0.4, -0.2) is 49.8 Å². The van der Waals surface area contributed by atoms with E-state index in [1.165, 1.54) is 17.7 Å². The van der Waals surface area contributed by atoms with Gasteiger partial charge in [0.1, 0.15) is 23.5 Å². The minimum absolute atomic E-state index is 0.121. The number of nitrogens with zero attached hydrogens (tertiary/aromatic N) is 3. The van der Waals surface area contributed by atoms with E-state index >= 15 is 0 Å². The van der Waals surface area contributed by atoms with Gasteiger partial charge in [-0.1, -0.05) is 12.1 Å². The number of hydrogen-bond acceptors (Lipinski definition) is 4. The van der Waals surface area contributed by atoms with Crippen LogP contribution >= 0.6 is 0 Å². The number of piperidine rings is 1. The van der Waals surface area contributed by atoms with Gasteiger partial charge in [-0.05, 0) is 50.5 Å². The smallest absolute Gasteiger partial charge is 0.191 e. The second-order valence-corrected chi connectivity index (χ2v) is 7.44. The summed E-state index contributed by atoms with van der Waals surface area (Å²) in [6.07, 6.45) is 3.83. The summed E-state index contributed by atoms with van der Waals surface area (Å²) in [6, 6.07) is 10.7. The zero-order valence-electron chi connectivity index (χ0n) is 17.4. The number of nitrogens with one attached hydrogen (secondary N) is 2. The molecule has 0 aliphatic carbocycles. The summed E-state index contributed by atoms with van der Waals surface area (Å²) in [5, 5.41) is 6.79. The van der Waals surface area contributed by atoms with Crippen molar-refractivity contribution in [2.45, 2.75) is 38.8 Å². The van der Waals surface area contributed by atoms with E-state index < -0.39 is 0 Å². The topological polar surface area (TPSA) is 61.8 Å². The highest BCUT2D eigenvalue weighted by Gasteiger charge is 2.21. The molecular formula is C22H30FN5O. The summed E-state index contributed by atoms with van der Waals surface area (Å²) in [5.74, 6) is 2.03. The van der Waals surface area contributed by atoms with Crippen molar-refractivity contribution >= 4 is 11.8 Å². The van der Waals surface area contributed by atoms with Crippen molar-refractivity contribution in [1.29, 1.82) is 0 Å². The first-order valence-corrected chi connectivity index (χ1v) is 10.1. The maximum atomic E-state index is 13.3. The maximum absolute atomic E-state index is 13.3. The molecule has 0 bridgehead atoms. The van der Waals surface area contributed by atoms with E-state index in [4.69, 9.17) is 4.74 Å². The van der Waals surface area contributed by atoms with Crippen LogP contribution in [0.2, 0.25) is 0 Å². The van der Waals surface area contributed by atoms with E-state index in [2.05, 4.69) is 44.6 Å². The largest absolute Gasteiger partial charge is 0.489 e. The molecule has 6 nitrogen and oxygen atoms in total. The van der Waals surface area contributed by atoms with Crippen LogP contribution in [-0.2, 0) is 0 Å². The molecule has 3 rings (SSSR count). The molecule has 0 radical (unpaired) electrons. The lowest BCUT2D eigenvalue weighted by Gasteiger charge is -2.34. The predicted octanol–water partition coefficient (Wildman–Crippen LogP) is 3.13. The third-order valence-electron chi connectivity index (χ3n) is 4.97. The van der Waals surface area contributed by atoms with Crippen LogP contribution in [0.5, 0.6) is 5.75 Å². The lowest BCUT2D eigenvalue weighted by molar-refractivity contribution is 0.222. The molecule has 1 atom stereocenters. The quantitative estimate of drug-likeness (QED) is 0.577. The molecule has 29 heavy (non-hydrogen) atoms. The Morgan fingerprint density at radius 2 is 2.10 bits per heavy atom. The fraction of sp³-hybridized carbons (Fsp3) is 0.455. The van der Waals surface area contributed by atoms with Crippen LogP contribution in [0.4, 0.5) is 10.2 Å². The van der Waals surface area contributed by atoms with E-state index in [-0.39, 0.29) is 11.9 Å². The summed E-state index contributed by atoms with van der Waals surface area (Å²) in [6.45, 7) is 6.49. The number of benzene rings is 1. The average molecular weight is 400 g/mol. The number of anilines is 1. The molecule has 1 aromatic heterocycles. The molecule has 1 aliphatic rings. The number of rotatable bonds is 6. The SMILES string of the molecule is CN=C(NCC(C)Oc1cccc(F)c1)NC1CCN(c2ccc(C)cn2)CC1. The van der Waals surface area contributed by atoms with Crippen LogP contribution in [0.1, 0.15) is 25.3 Å². The van der Waals surface area contributed by atoms with Crippen molar-refractivity contribution in [3.63, 3.8) is 0 Å². The average Bonchev–Trinajstić information content (AvgIpc) is 2.72. The zero-order chi connectivity index (χ0) is 20.6. The number of aliphatic imine (C=N–C) groups is 1. The number of pyridine rings is 1. The summed E-state index contributed by atoms with van der Waals surface area (Å²) in [7, 11) is 1.76. The first-order chi connectivity index (χ1) is 14.0. The lowest BCUT2D eigenvalue weighted by Crippen LogP contribution is -2.50. The van der Waals surface area contributed by atoms with Crippen molar-refractivity contribution in [2.24, 2.45) is 4.99 Å². The van der Waals surface area contributed by atoms with Gasteiger partial charge in [-0.25, -0.2) is 9.37 Å². The molecule has 0 spiro atoms. The van der Waals surface area contributed by atoms with Gasteiger partial charge in [0.2, 0.25) is 0 Å². The molecule has 2 aromatic rings. The zero-order valence-corrected chi connectivity index (χ0v) is 17.4. The van der Waals surface area contributed by atoms with Crippen LogP contribution < -0.4 is 20.3 Å².